The first-order valence-electron chi connectivity index (χ1n) is 11.9. The number of hydrazone groups is 1. The van der Waals surface area contributed by atoms with Gasteiger partial charge < -0.3 is 19.3 Å². The highest BCUT2D eigenvalue weighted by atomic mass is 79.9. The summed E-state index contributed by atoms with van der Waals surface area (Å²) in [5, 5.41) is 7.54. The Labute approximate surface area is 239 Å². The number of nitrogens with zero attached hydrogens (tertiary/aromatic N) is 4. The zero-order valence-electron chi connectivity index (χ0n) is 22.8. The fourth-order valence-corrected chi connectivity index (χ4v) is 4.59. The standard InChI is InChI=1S/C29H33N5O2S.BrH/c1-19-16-26(35-6)27(36-7)17-24(19)25-18-37-29(30-25)32-31-28(20-8-12-22(13-9-20)33(2)3)21-10-14-23(15-11-21)34(4)5;/h8-18H,1-7H3,(H,30,32);1H. The number of hydrogen-bond acceptors (Lipinski definition) is 8. The van der Waals surface area contributed by atoms with Crippen LogP contribution in [-0.2, 0) is 0 Å². The fourth-order valence-electron chi connectivity index (χ4n) is 3.94. The molecule has 0 fully saturated rings. The zero-order valence-corrected chi connectivity index (χ0v) is 25.3. The van der Waals surface area contributed by atoms with Crippen molar-refractivity contribution >= 4 is 50.5 Å². The van der Waals surface area contributed by atoms with Crippen molar-refractivity contribution < 1.29 is 9.47 Å². The van der Waals surface area contributed by atoms with E-state index in [4.69, 9.17) is 19.6 Å². The third kappa shape index (κ3) is 6.46. The molecule has 1 heterocycles. The van der Waals surface area contributed by atoms with Gasteiger partial charge in [-0.05, 0) is 48.9 Å². The van der Waals surface area contributed by atoms with Crippen molar-refractivity contribution in [1.82, 2.24) is 4.98 Å². The molecule has 0 amide bonds. The highest BCUT2D eigenvalue weighted by Crippen LogP contribution is 2.36. The smallest absolute Gasteiger partial charge is 0.203 e. The number of hydrogen-bond donors (Lipinski definition) is 1. The molecule has 0 aliphatic rings. The van der Waals surface area contributed by atoms with Crippen molar-refractivity contribution in [2.24, 2.45) is 5.10 Å². The van der Waals surface area contributed by atoms with Crippen molar-refractivity contribution in [3.8, 4) is 22.8 Å². The maximum absolute atomic E-state index is 5.49. The lowest BCUT2D eigenvalue weighted by molar-refractivity contribution is 0.355. The molecule has 0 bridgehead atoms. The van der Waals surface area contributed by atoms with E-state index in [-0.39, 0.29) is 17.0 Å². The Morgan fingerprint density at radius 2 is 1.32 bits per heavy atom. The summed E-state index contributed by atoms with van der Waals surface area (Å²) in [6, 6.07) is 20.7. The molecular weight excluding hydrogens is 562 g/mol. The summed E-state index contributed by atoms with van der Waals surface area (Å²) in [6.07, 6.45) is 0. The Kier molecular flexibility index (Phi) is 9.77. The molecule has 1 aromatic heterocycles. The predicted octanol–water partition coefficient (Wildman–Crippen LogP) is 6.71. The number of thiazole rings is 1. The molecule has 0 aliphatic carbocycles. The number of nitrogens with one attached hydrogen (secondary N) is 1. The minimum absolute atomic E-state index is 0. The molecule has 4 aromatic rings. The lowest BCUT2D eigenvalue weighted by Gasteiger charge is -2.15. The number of aromatic nitrogens is 1. The molecular formula is C29H34BrN5O2S. The summed E-state index contributed by atoms with van der Waals surface area (Å²) in [7, 11) is 11.4. The molecule has 0 saturated carbocycles. The molecule has 0 saturated heterocycles. The average Bonchev–Trinajstić information content (AvgIpc) is 3.37. The quantitative estimate of drug-likeness (QED) is 0.171. The molecule has 0 spiro atoms. The summed E-state index contributed by atoms with van der Waals surface area (Å²) in [5.74, 6) is 1.38. The average molecular weight is 597 g/mol. The summed E-state index contributed by atoms with van der Waals surface area (Å²) in [4.78, 5) is 8.96. The van der Waals surface area contributed by atoms with Gasteiger partial charge in [0, 0.05) is 61.6 Å². The van der Waals surface area contributed by atoms with Crippen LogP contribution in [0.25, 0.3) is 11.3 Å². The van der Waals surface area contributed by atoms with Gasteiger partial charge in [0.1, 0.15) is 0 Å². The van der Waals surface area contributed by atoms with Gasteiger partial charge in [-0.15, -0.1) is 28.3 Å². The Morgan fingerprint density at radius 1 is 0.816 bits per heavy atom. The van der Waals surface area contributed by atoms with Crippen LogP contribution in [0.5, 0.6) is 11.5 Å². The second-order valence-corrected chi connectivity index (χ2v) is 9.87. The van der Waals surface area contributed by atoms with E-state index in [0.717, 1.165) is 45.0 Å². The van der Waals surface area contributed by atoms with Gasteiger partial charge in [0.05, 0.1) is 25.6 Å². The number of methoxy groups -OCH3 is 2. The van der Waals surface area contributed by atoms with E-state index in [9.17, 15) is 0 Å². The van der Waals surface area contributed by atoms with Crippen LogP contribution in [0.2, 0.25) is 0 Å². The SMILES string of the molecule is Br.COc1cc(C)c(-c2csc(NN=C(c3ccc(N(C)C)cc3)c3ccc(N(C)C)cc3)n2)cc1OC. The van der Waals surface area contributed by atoms with Crippen molar-refractivity contribution in [1.29, 1.82) is 0 Å². The first-order valence-corrected chi connectivity index (χ1v) is 12.8. The lowest BCUT2D eigenvalue weighted by atomic mass is 10.0. The summed E-state index contributed by atoms with van der Waals surface area (Å²) < 4.78 is 10.9. The highest BCUT2D eigenvalue weighted by molar-refractivity contribution is 8.93. The first-order chi connectivity index (χ1) is 17.8. The van der Waals surface area contributed by atoms with E-state index in [0.29, 0.717) is 16.6 Å². The normalized spacial score (nSPS) is 10.3. The first kappa shape index (κ1) is 29.0. The fraction of sp³-hybridized carbons (Fsp3) is 0.241. The van der Waals surface area contributed by atoms with Crippen LogP contribution in [0.4, 0.5) is 16.5 Å². The second kappa shape index (κ2) is 12.8. The van der Waals surface area contributed by atoms with Gasteiger partial charge in [0.25, 0.3) is 0 Å². The van der Waals surface area contributed by atoms with Crippen LogP contribution >= 0.6 is 28.3 Å². The second-order valence-electron chi connectivity index (χ2n) is 9.01. The molecule has 0 atom stereocenters. The summed E-state index contributed by atoms with van der Waals surface area (Å²) in [5.41, 5.74) is 11.2. The lowest BCUT2D eigenvalue weighted by Crippen LogP contribution is -2.11. The topological polar surface area (TPSA) is 62.2 Å². The van der Waals surface area contributed by atoms with Crippen LogP contribution in [0.1, 0.15) is 16.7 Å². The number of aryl methyl sites for hydroxylation is 1. The van der Waals surface area contributed by atoms with Crippen LogP contribution in [0.15, 0.2) is 71.1 Å². The molecule has 0 aliphatic heterocycles. The van der Waals surface area contributed by atoms with Crippen molar-refractivity contribution in [3.63, 3.8) is 0 Å². The largest absolute Gasteiger partial charge is 0.493 e. The Morgan fingerprint density at radius 3 is 1.79 bits per heavy atom. The molecule has 200 valence electrons. The van der Waals surface area contributed by atoms with Crippen LogP contribution in [0.3, 0.4) is 0 Å². The van der Waals surface area contributed by atoms with Gasteiger partial charge in [0.2, 0.25) is 5.13 Å². The van der Waals surface area contributed by atoms with Gasteiger partial charge >= 0.3 is 0 Å². The summed E-state index contributed by atoms with van der Waals surface area (Å²) in [6.45, 7) is 2.04. The predicted molar refractivity (Wildman–Crippen MR) is 167 cm³/mol. The van der Waals surface area contributed by atoms with E-state index in [1.165, 1.54) is 11.3 Å². The minimum atomic E-state index is 0. The van der Waals surface area contributed by atoms with Gasteiger partial charge in [-0.1, -0.05) is 24.3 Å². The molecule has 7 nitrogen and oxygen atoms in total. The number of ether oxygens (including phenoxy) is 2. The zero-order chi connectivity index (χ0) is 26.5. The van der Waals surface area contributed by atoms with Crippen LogP contribution in [-0.4, -0.2) is 53.1 Å². The molecule has 0 radical (unpaired) electrons. The van der Waals surface area contributed by atoms with Gasteiger partial charge in [-0.25, -0.2) is 4.98 Å². The molecule has 0 unspecified atom stereocenters. The number of rotatable bonds is 9. The Bertz CT molecular complexity index is 1330. The van der Waals surface area contributed by atoms with Crippen molar-refractivity contribution in [2.45, 2.75) is 6.92 Å². The number of benzene rings is 3. The van der Waals surface area contributed by atoms with Crippen LogP contribution < -0.4 is 24.7 Å². The van der Waals surface area contributed by atoms with E-state index < -0.39 is 0 Å². The van der Waals surface area contributed by atoms with E-state index >= 15 is 0 Å². The minimum Gasteiger partial charge on any atom is -0.493 e. The molecule has 1 N–H and O–H groups in total. The maximum Gasteiger partial charge on any atom is 0.203 e. The van der Waals surface area contributed by atoms with Crippen LogP contribution in [0, 0.1) is 6.92 Å². The molecule has 3 aromatic carbocycles. The van der Waals surface area contributed by atoms with Gasteiger partial charge in [0.15, 0.2) is 11.5 Å². The van der Waals surface area contributed by atoms with Gasteiger partial charge in [-0.3, -0.25) is 5.43 Å². The highest BCUT2D eigenvalue weighted by Gasteiger charge is 2.14. The monoisotopic (exact) mass is 595 g/mol. The third-order valence-corrected chi connectivity index (χ3v) is 6.84. The number of halogens is 1. The van der Waals surface area contributed by atoms with E-state index in [1.807, 2.05) is 52.6 Å². The number of anilines is 3. The van der Waals surface area contributed by atoms with Crippen molar-refractivity contribution in [3.05, 3.63) is 82.7 Å². The molecule has 9 heteroatoms. The van der Waals surface area contributed by atoms with E-state index in [2.05, 4.69) is 63.8 Å². The third-order valence-electron chi connectivity index (χ3n) is 6.09. The van der Waals surface area contributed by atoms with Crippen molar-refractivity contribution in [2.75, 3.05) is 57.6 Å². The van der Waals surface area contributed by atoms with E-state index in [1.54, 1.807) is 14.2 Å². The molecule has 38 heavy (non-hydrogen) atoms. The Hall–Kier alpha value is -3.56. The Balaban J connectivity index is 0.00000400. The van der Waals surface area contributed by atoms with Gasteiger partial charge in [-0.2, -0.15) is 5.10 Å². The summed E-state index contributed by atoms with van der Waals surface area (Å²) >= 11 is 1.51. The maximum atomic E-state index is 5.49. The molecule has 4 rings (SSSR count).